The van der Waals surface area contributed by atoms with Crippen LogP contribution in [0.4, 0.5) is 0 Å². The molecule has 1 N–H and O–H groups in total. The number of carbonyl (C=O) groups is 1. The number of carbonyl (C=O) groups excluding carboxylic acids is 1. The lowest BCUT2D eigenvalue weighted by molar-refractivity contribution is 0.0858. The second-order valence-electron chi connectivity index (χ2n) is 9.22. The van der Waals surface area contributed by atoms with Crippen LogP contribution in [0.5, 0.6) is 17.2 Å². The molecule has 3 aromatic rings. The standard InChI is InChI=1S/C30H36N2O4/c1-6-26(31-30(33)24-10-8-7-9-20(24)2)29-25-18-28(36-5)27(35-4)17-22(25)15-16-32(29)19-21-11-13-23(34-3)14-12-21/h7-14,17-18,26,29H,6,15-16,19H2,1-5H3,(H,31,33)/t26-,29-/m0/s1. The maximum absolute atomic E-state index is 13.4. The fraction of sp³-hybridized carbons (Fsp3) is 0.367. The van der Waals surface area contributed by atoms with E-state index in [1.165, 1.54) is 16.7 Å². The Balaban J connectivity index is 1.72. The van der Waals surface area contributed by atoms with E-state index < -0.39 is 0 Å². The van der Waals surface area contributed by atoms with Crippen LogP contribution in [0.3, 0.4) is 0 Å². The lowest BCUT2D eigenvalue weighted by Gasteiger charge is -2.42. The van der Waals surface area contributed by atoms with Crippen molar-refractivity contribution < 1.29 is 19.0 Å². The van der Waals surface area contributed by atoms with Crippen LogP contribution in [0.1, 0.15) is 52.0 Å². The molecule has 0 fully saturated rings. The number of aryl methyl sites for hydroxylation is 1. The van der Waals surface area contributed by atoms with Gasteiger partial charge in [0.15, 0.2) is 11.5 Å². The lowest BCUT2D eigenvalue weighted by Crippen LogP contribution is -2.48. The quantitative estimate of drug-likeness (QED) is 0.441. The number of hydrogen-bond acceptors (Lipinski definition) is 5. The van der Waals surface area contributed by atoms with Gasteiger partial charge >= 0.3 is 0 Å². The molecule has 0 radical (unpaired) electrons. The molecule has 0 saturated heterocycles. The molecule has 6 heteroatoms. The minimum Gasteiger partial charge on any atom is -0.497 e. The molecule has 0 unspecified atom stereocenters. The summed E-state index contributed by atoms with van der Waals surface area (Å²) in [7, 11) is 5.00. The van der Waals surface area contributed by atoms with Crippen molar-refractivity contribution in [3.8, 4) is 17.2 Å². The summed E-state index contributed by atoms with van der Waals surface area (Å²) in [6.07, 6.45) is 1.68. The van der Waals surface area contributed by atoms with Crippen LogP contribution in [0, 0.1) is 6.92 Å². The zero-order valence-corrected chi connectivity index (χ0v) is 21.8. The van der Waals surface area contributed by atoms with Crippen LogP contribution in [0.15, 0.2) is 60.7 Å². The summed E-state index contributed by atoms with van der Waals surface area (Å²) >= 11 is 0. The van der Waals surface area contributed by atoms with Gasteiger partial charge in [0.2, 0.25) is 0 Å². The van der Waals surface area contributed by atoms with Gasteiger partial charge in [0.05, 0.1) is 27.4 Å². The maximum atomic E-state index is 13.4. The third-order valence-electron chi connectivity index (χ3n) is 7.10. The highest BCUT2D eigenvalue weighted by Gasteiger charge is 2.35. The lowest BCUT2D eigenvalue weighted by atomic mass is 9.86. The van der Waals surface area contributed by atoms with Crippen molar-refractivity contribution in [2.75, 3.05) is 27.9 Å². The normalized spacial score (nSPS) is 16.1. The van der Waals surface area contributed by atoms with E-state index in [2.05, 4.69) is 41.4 Å². The van der Waals surface area contributed by atoms with Crippen LogP contribution >= 0.6 is 0 Å². The average molecular weight is 489 g/mol. The third-order valence-corrected chi connectivity index (χ3v) is 7.10. The minimum atomic E-state index is -0.0903. The summed E-state index contributed by atoms with van der Waals surface area (Å²) < 4.78 is 16.6. The predicted molar refractivity (Wildman–Crippen MR) is 142 cm³/mol. The minimum absolute atomic E-state index is 0.0198. The largest absolute Gasteiger partial charge is 0.497 e. The van der Waals surface area contributed by atoms with E-state index in [0.29, 0.717) is 11.3 Å². The molecule has 0 aromatic heterocycles. The SMILES string of the molecule is CC[C@H](NC(=O)c1ccccc1C)[C@@H]1c2cc(OC)c(OC)cc2CCN1Cc1ccc(OC)cc1. The number of benzene rings is 3. The Kier molecular flexibility index (Phi) is 8.16. The Bertz CT molecular complexity index is 1190. The Morgan fingerprint density at radius 2 is 1.69 bits per heavy atom. The second-order valence-corrected chi connectivity index (χ2v) is 9.22. The number of amides is 1. The van der Waals surface area contributed by atoms with Gasteiger partial charge in [-0.15, -0.1) is 0 Å². The van der Waals surface area contributed by atoms with E-state index in [0.717, 1.165) is 43.0 Å². The van der Waals surface area contributed by atoms with Gasteiger partial charge in [-0.3, -0.25) is 9.69 Å². The molecular formula is C30H36N2O4. The number of methoxy groups -OCH3 is 3. The van der Waals surface area contributed by atoms with E-state index in [-0.39, 0.29) is 18.0 Å². The number of ether oxygens (including phenoxy) is 3. The molecule has 1 heterocycles. The molecule has 4 rings (SSSR count). The zero-order chi connectivity index (χ0) is 25.7. The van der Waals surface area contributed by atoms with E-state index in [9.17, 15) is 4.79 Å². The van der Waals surface area contributed by atoms with Gasteiger partial charge in [0.25, 0.3) is 5.91 Å². The number of nitrogens with one attached hydrogen (secondary N) is 1. The highest BCUT2D eigenvalue weighted by molar-refractivity contribution is 5.95. The molecule has 190 valence electrons. The Hall–Kier alpha value is -3.51. The third kappa shape index (κ3) is 5.34. The number of rotatable bonds is 9. The van der Waals surface area contributed by atoms with Crippen LogP contribution in [-0.2, 0) is 13.0 Å². The van der Waals surface area contributed by atoms with Gasteiger partial charge in [0.1, 0.15) is 5.75 Å². The average Bonchev–Trinajstić information content (AvgIpc) is 2.91. The molecular weight excluding hydrogens is 452 g/mol. The molecule has 3 aromatic carbocycles. The Morgan fingerprint density at radius 3 is 2.33 bits per heavy atom. The first-order valence-corrected chi connectivity index (χ1v) is 12.5. The molecule has 0 spiro atoms. The molecule has 1 amide bonds. The van der Waals surface area contributed by atoms with E-state index >= 15 is 0 Å². The zero-order valence-electron chi connectivity index (χ0n) is 21.8. The van der Waals surface area contributed by atoms with Crippen LogP contribution < -0.4 is 19.5 Å². The van der Waals surface area contributed by atoms with Crippen molar-refractivity contribution in [1.29, 1.82) is 0 Å². The Morgan fingerprint density at radius 1 is 1.00 bits per heavy atom. The second kappa shape index (κ2) is 11.5. The van der Waals surface area contributed by atoms with Crippen molar-refractivity contribution in [1.82, 2.24) is 10.2 Å². The summed E-state index contributed by atoms with van der Waals surface area (Å²) in [5, 5.41) is 3.36. The Labute approximate surface area is 214 Å². The monoisotopic (exact) mass is 488 g/mol. The van der Waals surface area contributed by atoms with Crippen molar-refractivity contribution in [3.05, 3.63) is 88.5 Å². The van der Waals surface area contributed by atoms with Gasteiger partial charge in [-0.25, -0.2) is 0 Å². The smallest absolute Gasteiger partial charge is 0.251 e. The van der Waals surface area contributed by atoms with Crippen LogP contribution in [-0.4, -0.2) is 44.7 Å². The molecule has 0 saturated carbocycles. The first kappa shape index (κ1) is 25.6. The summed E-state index contributed by atoms with van der Waals surface area (Å²) in [4.78, 5) is 15.8. The number of hydrogen-bond donors (Lipinski definition) is 1. The summed E-state index contributed by atoms with van der Waals surface area (Å²) in [5.74, 6) is 2.23. The molecule has 0 aliphatic carbocycles. The first-order chi connectivity index (χ1) is 17.5. The van der Waals surface area contributed by atoms with Crippen LogP contribution in [0.25, 0.3) is 0 Å². The molecule has 1 aliphatic heterocycles. The van der Waals surface area contributed by atoms with E-state index in [1.54, 1.807) is 21.3 Å². The maximum Gasteiger partial charge on any atom is 0.251 e. The van der Waals surface area contributed by atoms with E-state index in [1.807, 2.05) is 43.3 Å². The van der Waals surface area contributed by atoms with Gasteiger partial charge in [-0.2, -0.15) is 0 Å². The molecule has 1 aliphatic rings. The molecule has 6 nitrogen and oxygen atoms in total. The van der Waals surface area contributed by atoms with Crippen molar-refractivity contribution >= 4 is 5.91 Å². The van der Waals surface area contributed by atoms with Gasteiger partial charge in [0, 0.05) is 24.7 Å². The van der Waals surface area contributed by atoms with Gasteiger partial charge in [-0.05, 0) is 72.4 Å². The summed E-state index contributed by atoms with van der Waals surface area (Å²) in [6, 6.07) is 20.0. The van der Waals surface area contributed by atoms with Crippen LogP contribution in [0.2, 0.25) is 0 Å². The fourth-order valence-electron chi connectivity index (χ4n) is 5.12. The molecule has 0 bridgehead atoms. The highest BCUT2D eigenvalue weighted by Crippen LogP contribution is 2.40. The van der Waals surface area contributed by atoms with E-state index in [4.69, 9.17) is 14.2 Å². The van der Waals surface area contributed by atoms with Crippen molar-refractivity contribution in [2.24, 2.45) is 0 Å². The topological polar surface area (TPSA) is 60.0 Å². The van der Waals surface area contributed by atoms with Gasteiger partial charge in [-0.1, -0.05) is 37.3 Å². The number of nitrogens with zero attached hydrogens (tertiary/aromatic N) is 1. The fourth-order valence-corrected chi connectivity index (χ4v) is 5.12. The molecule has 36 heavy (non-hydrogen) atoms. The predicted octanol–water partition coefficient (Wildman–Crippen LogP) is 5.33. The molecule has 2 atom stereocenters. The first-order valence-electron chi connectivity index (χ1n) is 12.5. The summed E-state index contributed by atoms with van der Waals surface area (Å²) in [5.41, 5.74) is 5.28. The van der Waals surface area contributed by atoms with Gasteiger partial charge < -0.3 is 19.5 Å². The highest BCUT2D eigenvalue weighted by atomic mass is 16.5. The number of fused-ring (bicyclic) bond motifs is 1. The summed E-state index contributed by atoms with van der Waals surface area (Å²) in [6.45, 7) is 5.73. The van der Waals surface area contributed by atoms with Crippen molar-refractivity contribution in [3.63, 3.8) is 0 Å². The van der Waals surface area contributed by atoms with Crippen molar-refractivity contribution in [2.45, 2.75) is 45.3 Å².